The minimum absolute atomic E-state index is 0.0583. The van der Waals surface area contributed by atoms with E-state index in [0.717, 1.165) is 0 Å². The van der Waals surface area contributed by atoms with E-state index in [4.69, 9.17) is 25.7 Å². The van der Waals surface area contributed by atoms with Gasteiger partial charge in [-0.15, -0.1) is 0 Å². The van der Waals surface area contributed by atoms with Gasteiger partial charge in [-0.3, -0.25) is 4.79 Å². The maximum Gasteiger partial charge on any atom is 0.360 e. The molecule has 22 heavy (non-hydrogen) atoms. The Balaban J connectivity index is 3.36. The molecule has 0 saturated carbocycles. The number of hydrogen-bond acceptors (Lipinski definition) is 9. The molecule has 1 atom stereocenters. The first-order valence-corrected chi connectivity index (χ1v) is 6.30. The zero-order valence-corrected chi connectivity index (χ0v) is 12.0. The number of rotatable bonds is 5. The molecule has 0 radical (unpaired) electrons. The zero-order valence-electron chi connectivity index (χ0n) is 12.0. The van der Waals surface area contributed by atoms with Crippen LogP contribution in [0.25, 0.3) is 0 Å². The average Bonchev–Trinajstić information content (AvgIpc) is 2.48. The van der Waals surface area contributed by atoms with Gasteiger partial charge in [0.25, 0.3) is 0 Å². The molecule has 0 aromatic carbocycles. The van der Waals surface area contributed by atoms with Gasteiger partial charge in [-0.05, 0) is 13.8 Å². The summed E-state index contributed by atoms with van der Waals surface area (Å²) in [4.78, 5) is 30.9. The number of hydrogen-bond donors (Lipinski definition) is 1. The lowest BCUT2D eigenvalue weighted by Gasteiger charge is -2.11. The third-order valence-corrected chi connectivity index (χ3v) is 2.45. The van der Waals surface area contributed by atoms with Crippen molar-refractivity contribution in [1.82, 2.24) is 9.97 Å². The van der Waals surface area contributed by atoms with Crippen LogP contribution in [0, 0.1) is 22.7 Å². The number of nitrogens with two attached hydrogens (primary N) is 1. The Bertz CT molecular complexity index is 674. The van der Waals surface area contributed by atoms with Crippen molar-refractivity contribution in [2.24, 2.45) is 0 Å². The van der Waals surface area contributed by atoms with Crippen LogP contribution in [0.1, 0.15) is 41.6 Å². The summed E-state index contributed by atoms with van der Waals surface area (Å²) in [6.45, 7) is 3.31. The fraction of sp³-hybridized carbons (Fsp3) is 0.385. The molecule has 0 fully saturated rings. The Kier molecular flexibility index (Phi) is 5.78. The van der Waals surface area contributed by atoms with Crippen molar-refractivity contribution in [2.75, 3.05) is 18.9 Å². The van der Waals surface area contributed by atoms with E-state index in [9.17, 15) is 9.59 Å². The van der Waals surface area contributed by atoms with E-state index in [2.05, 4.69) is 9.97 Å². The molecule has 9 nitrogen and oxygen atoms in total. The summed E-state index contributed by atoms with van der Waals surface area (Å²) in [7, 11) is 0. The van der Waals surface area contributed by atoms with Crippen molar-refractivity contribution < 1.29 is 19.1 Å². The highest BCUT2D eigenvalue weighted by Crippen LogP contribution is 2.21. The van der Waals surface area contributed by atoms with Crippen molar-refractivity contribution >= 4 is 17.8 Å². The second-order valence-electron chi connectivity index (χ2n) is 3.84. The number of anilines is 1. The standard InChI is InChI=1S/C13H13N5O4/c1-3-21-12(19)7(5-14)9-8(6-15)17-10(11(16)18-9)13(20)22-4-2/h7H,3-4H2,1-2H3,(H2,16,18). The van der Waals surface area contributed by atoms with E-state index in [0.29, 0.717) is 0 Å². The summed E-state index contributed by atoms with van der Waals surface area (Å²) in [6, 6.07) is 3.35. The van der Waals surface area contributed by atoms with Gasteiger partial charge in [-0.2, -0.15) is 10.5 Å². The highest BCUT2D eigenvalue weighted by molar-refractivity contribution is 5.92. The molecule has 1 aromatic heterocycles. The number of nitriles is 2. The maximum atomic E-state index is 11.7. The van der Waals surface area contributed by atoms with Gasteiger partial charge in [0.1, 0.15) is 11.8 Å². The molecule has 1 aromatic rings. The van der Waals surface area contributed by atoms with E-state index in [-0.39, 0.29) is 36.1 Å². The van der Waals surface area contributed by atoms with E-state index in [1.165, 1.54) is 0 Å². The van der Waals surface area contributed by atoms with Gasteiger partial charge < -0.3 is 15.2 Å². The fourth-order valence-corrected chi connectivity index (χ4v) is 1.55. The van der Waals surface area contributed by atoms with Crippen LogP contribution in [0.15, 0.2) is 0 Å². The number of aromatic nitrogens is 2. The van der Waals surface area contributed by atoms with Crippen molar-refractivity contribution in [3.63, 3.8) is 0 Å². The molecule has 0 aliphatic carbocycles. The highest BCUT2D eigenvalue weighted by atomic mass is 16.5. The summed E-state index contributed by atoms with van der Waals surface area (Å²) in [6.07, 6.45) is 0. The molecule has 1 unspecified atom stereocenters. The van der Waals surface area contributed by atoms with Gasteiger partial charge >= 0.3 is 11.9 Å². The Morgan fingerprint density at radius 1 is 1.23 bits per heavy atom. The summed E-state index contributed by atoms with van der Waals surface area (Å²) >= 11 is 0. The molecule has 114 valence electrons. The number of ether oxygens (including phenoxy) is 2. The van der Waals surface area contributed by atoms with Gasteiger partial charge in [0.15, 0.2) is 23.1 Å². The molecule has 0 saturated heterocycles. The quantitative estimate of drug-likeness (QED) is 0.755. The van der Waals surface area contributed by atoms with Gasteiger partial charge in [0, 0.05) is 0 Å². The number of nitrogen functional groups attached to an aromatic ring is 1. The topological polar surface area (TPSA) is 152 Å². The summed E-state index contributed by atoms with van der Waals surface area (Å²) in [5, 5.41) is 18.2. The number of carbonyl (C=O) groups excluding carboxylic acids is 2. The van der Waals surface area contributed by atoms with Crippen LogP contribution in [-0.4, -0.2) is 35.1 Å². The van der Waals surface area contributed by atoms with Crippen molar-refractivity contribution in [1.29, 1.82) is 10.5 Å². The van der Waals surface area contributed by atoms with Crippen LogP contribution >= 0.6 is 0 Å². The molecule has 0 bridgehead atoms. The second-order valence-corrected chi connectivity index (χ2v) is 3.84. The van der Waals surface area contributed by atoms with Crippen LogP contribution in [0.2, 0.25) is 0 Å². The van der Waals surface area contributed by atoms with Gasteiger partial charge in [0.2, 0.25) is 0 Å². The normalized spacial score (nSPS) is 10.9. The minimum atomic E-state index is -1.46. The van der Waals surface area contributed by atoms with Crippen molar-refractivity contribution in [3.05, 3.63) is 17.1 Å². The first-order chi connectivity index (χ1) is 10.5. The largest absolute Gasteiger partial charge is 0.465 e. The second kappa shape index (κ2) is 7.55. The zero-order chi connectivity index (χ0) is 16.7. The van der Waals surface area contributed by atoms with E-state index in [1.807, 2.05) is 0 Å². The molecule has 0 amide bonds. The van der Waals surface area contributed by atoms with E-state index >= 15 is 0 Å². The summed E-state index contributed by atoms with van der Waals surface area (Å²) < 4.78 is 9.47. The SMILES string of the molecule is CCOC(=O)c1nc(C#N)c(C(C#N)C(=O)OCC)nc1N. The van der Waals surface area contributed by atoms with Crippen molar-refractivity contribution in [2.45, 2.75) is 19.8 Å². The predicted octanol–water partition coefficient (Wildman–Crippen LogP) is 0.277. The third kappa shape index (κ3) is 3.46. The van der Waals surface area contributed by atoms with Crippen LogP contribution in [0.4, 0.5) is 5.82 Å². The lowest BCUT2D eigenvalue weighted by atomic mass is 10.1. The Hall–Kier alpha value is -3.20. The number of carbonyl (C=O) groups is 2. The fourth-order valence-electron chi connectivity index (χ4n) is 1.55. The summed E-state index contributed by atoms with van der Waals surface area (Å²) in [5.74, 6) is -3.52. The number of esters is 2. The van der Waals surface area contributed by atoms with Crippen molar-refractivity contribution in [3.8, 4) is 12.1 Å². The molecule has 0 aliphatic rings. The summed E-state index contributed by atoms with van der Waals surface area (Å²) in [5.41, 5.74) is 4.63. The first-order valence-electron chi connectivity index (χ1n) is 6.30. The van der Waals surface area contributed by atoms with Gasteiger partial charge in [-0.1, -0.05) is 0 Å². The lowest BCUT2D eigenvalue weighted by Crippen LogP contribution is -2.21. The lowest BCUT2D eigenvalue weighted by molar-refractivity contribution is -0.143. The third-order valence-electron chi connectivity index (χ3n) is 2.45. The van der Waals surface area contributed by atoms with E-state index < -0.39 is 17.9 Å². The Morgan fingerprint density at radius 2 is 1.86 bits per heavy atom. The first kappa shape index (κ1) is 16.9. The molecule has 0 spiro atoms. The maximum absolute atomic E-state index is 11.7. The predicted molar refractivity (Wildman–Crippen MR) is 72.1 cm³/mol. The molecular formula is C13H13N5O4. The Morgan fingerprint density at radius 3 is 2.36 bits per heavy atom. The van der Waals surface area contributed by atoms with Crippen LogP contribution < -0.4 is 5.73 Å². The van der Waals surface area contributed by atoms with Crippen LogP contribution in [0.5, 0.6) is 0 Å². The molecule has 1 rings (SSSR count). The molecular weight excluding hydrogens is 290 g/mol. The average molecular weight is 303 g/mol. The molecule has 2 N–H and O–H groups in total. The highest BCUT2D eigenvalue weighted by Gasteiger charge is 2.29. The van der Waals surface area contributed by atoms with Crippen LogP contribution in [-0.2, 0) is 14.3 Å². The van der Waals surface area contributed by atoms with Crippen LogP contribution in [0.3, 0.4) is 0 Å². The minimum Gasteiger partial charge on any atom is -0.465 e. The smallest absolute Gasteiger partial charge is 0.360 e. The Labute approximate surface area is 126 Å². The number of nitrogens with zero attached hydrogens (tertiary/aromatic N) is 4. The molecule has 0 aliphatic heterocycles. The monoisotopic (exact) mass is 303 g/mol. The molecule has 1 heterocycles. The van der Waals surface area contributed by atoms with E-state index in [1.54, 1.807) is 26.0 Å². The van der Waals surface area contributed by atoms with Gasteiger partial charge in [-0.25, -0.2) is 14.8 Å². The molecule has 9 heteroatoms. The van der Waals surface area contributed by atoms with Gasteiger partial charge in [0.05, 0.1) is 19.3 Å².